The molecule has 0 saturated carbocycles. The van der Waals surface area contributed by atoms with Gasteiger partial charge in [-0.1, -0.05) is 29.3 Å². The molecule has 4 N–H and O–H groups in total. The highest BCUT2D eigenvalue weighted by molar-refractivity contribution is 6.32. The number of carbonyl (C=O) groups is 1. The molecule has 0 atom stereocenters. The van der Waals surface area contributed by atoms with Crippen molar-refractivity contribution in [3.63, 3.8) is 0 Å². The second kappa shape index (κ2) is 7.68. The average Bonchev–Trinajstić information content (AvgIpc) is 3.11. The lowest BCUT2D eigenvalue weighted by Crippen LogP contribution is -2.23. The normalized spacial score (nSPS) is 10.6. The number of hydrogen-bond donors (Lipinski definition) is 3. The van der Waals surface area contributed by atoms with Gasteiger partial charge in [0.2, 0.25) is 0 Å². The molecule has 0 bridgehead atoms. The van der Waals surface area contributed by atoms with Gasteiger partial charge < -0.3 is 20.8 Å². The number of nitrogens with two attached hydrogens (primary N) is 1. The van der Waals surface area contributed by atoms with Gasteiger partial charge in [-0.3, -0.25) is 4.79 Å². The average molecular weight is 394 g/mol. The van der Waals surface area contributed by atoms with Crippen LogP contribution in [-0.4, -0.2) is 10.9 Å². The summed E-state index contributed by atoms with van der Waals surface area (Å²) in [6, 6.07) is 10.8. The van der Waals surface area contributed by atoms with Gasteiger partial charge in [-0.05, 0) is 30.3 Å². The number of aromatic amines is 1. The highest BCUT2D eigenvalue weighted by Gasteiger charge is 2.16. The van der Waals surface area contributed by atoms with Crippen molar-refractivity contribution in [3.8, 4) is 11.5 Å². The minimum Gasteiger partial charge on any atom is -0.453 e. The summed E-state index contributed by atoms with van der Waals surface area (Å²) in [5.74, 6) is -0.944. The Hall–Kier alpha value is -2.70. The van der Waals surface area contributed by atoms with E-state index in [1.165, 1.54) is 24.3 Å². The number of halogens is 3. The lowest BCUT2D eigenvalue weighted by atomic mass is 10.2. The SMILES string of the molecule is Nc1cc(Cl)cc(Oc2c(Cl)ccc(CNC(=O)c3ccc[nH]3)c2F)c1. The van der Waals surface area contributed by atoms with E-state index in [0.717, 1.165) is 0 Å². The van der Waals surface area contributed by atoms with Crippen LogP contribution in [0.1, 0.15) is 16.1 Å². The Morgan fingerprint density at radius 2 is 2.04 bits per heavy atom. The van der Waals surface area contributed by atoms with Crippen molar-refractivity contribution in [1.82, 2.24) is 10.3 Å². The largest absolute Gasteiger partial charge is 0.453 e. The number of hydrogen-bond acceptors (Lipinski definition) is 3. The molecule has 0 radical (unpaired) electrons. The molecule has 3 rings (SSSR count). The molecular formula is C18H14Cl2FN3O2. The number of benzene rings is 2. The number of anilines is 1. The standard InChI is InChI=1S/C18H14Cl2FN3O2/c19-11-6-12(22)8-13(7-11)26-17-14(20)4-3-10(16(17)21)9-24-18(25)15-2-1-5-23-15/h1-8,23H,9,22H2,(H,24,25). The first-order valence-electron chi connectivity index (χ1n) is 7.56. The number of H-pyrrole nitrogens is 1. The molecule has 0 aliphatic rings. The van der Waals surface area contributed by atoms with Gasteiger partial charge in [-0.2, -0.15) is 0 Å². The van der Waals surface area contributed by atoms with Crippen LogP contribution >= 0.6 is 23.2 Å². The molecule has 0 spiro atoms. The van der Waals surface area contributed by atoms with Crippen LogP contribution in [0.2, 0.25) is 10.0 Å². The van der Waals surface area contributed by atoms with Crippen LogP contribution in [0.25, 0.3) is 0 Å². The summed E-state index contributed by atoms with van der Waals surface area (Å²) in [5, 5.41) is 3.06. The molecule has 1 heterocycles. The van der Waals surface area contributed by atoms with Crippen molar-refractivity contribution in [1.29, 1.82) is 0 Å². The smallest absolute Gasteiger partial charge is 0.267 e. The second-order valence-corrected chi connectivity index (χ2v) is 6.28. The fraction of sp³-hybridized carbons (Fsp3) is 0.0556. The number of nitrogen functional groups attached to an aromatic ring is 1. The van der Waals surface area contributed by atoms with E-state index >= 15 is 0 Å². The van der Waals surface area contributed by atoms with Crippen molar-refractivity contribution < 1.29 is 13.9 Å². The van der Waals surface area contributed by atoms with Crippen LogP contribution in [0.3, 0.4) is 0 Å². The number of nitrogens with one attached hydrogen (secondary N) is 2. The van der Waals surface area contributed by atoms with Gasteiger partial charge in [0.15, 0.2) is 11.6 Å². The molecule has 0 unspecified atom stereocenters. The first-order valence-corrected chi connectivity index (χ1v) is 8.32. The minimum atomic E-state index is -0.678. The summed E-state index contributed by atoms with van der Waals surface area (Å²) in [5.41, 5.74) is 6.68. The quantitative estimate of drug-likeness (QED) is 0.546. The maximum absolute atomic E-state index is 14.8. The maximum atomic E-state index is 14.8. The van der Waals surface area contributed by atoms with Crippen LogP contribution in [0.15, 0.2) is 48.7 Å². The van der Waals surface area contributed by atoms with E-state index in [2.05, 4.69) is 10.3 Å². The molecular weight excluding hydrogens is 380 g/mol. The minimum absolute atomic E-state index is 0.0328. The zero-order valence-electron chi connectivity index (χ0n) is 13.4. The molecule has 1 amide bonds. The Kier molecular flexibility index (Phi) is 5.35. The third-order valence-electron chi connectivity index (χ3n) is 3.52. The number of rotatable bonds is 5. The van der Waals surface area contributed by atoms with E-state index < -0.39 is 5.82 Å². The Bertz CT molecular complexity index is 926. The first-order chi connectivity index (χ1) is 12.4. The van der Waals surface area contributed by atoms with Gasteiger partial charge in [0, 0.05) is 35.1 Å². The van der Waals surface area contributed by atoms with Crippen molar-refractivity contribution in [3.05, 3.63) is 75.8 Å². The third-order valence-corrected chi connectivity index (χ3v) is 4.04. The van der Waals surface area contributed by atoms with E-state index in [1.807, 2.05) is 0 Å². The van der Waals surface area contributed by atoms with Gasteiger partial charge in [0.05, 0.1) is 5.02 Å². The summed E-state index contributed by atoms with van der Waals surface area (Å²) in [6.07, 6.45) is 1.63. The Morgan fingerprint density at radius 1 is 1.23 bits per heavy atom. The summed E-state index contributed by atoms with van der Waals surface area (Å²) in [7, 11) is 0. The summed E-state index contributed by atoms with van der Waals surface area (Å²) in [6.45, 7) is -0.0328. The van der Waals surface area contributed by atoms with Gasteiger partial charge in [-0.15, -0.1) is 0 Å². The number of aromatic nitrogens is 1. The third kappa shape index (κ3) is 4.09. The fourth-order valence-corrected chi connectivity index (χ4v) is 2.72. The summed E-state index contributed by atoms with van der Waals surface area (Å²) < 4.78 is 20.3. The summed E-state index contributed by atoms with van der Waals surface area (Å²) >= 11 is 12.0. The predicted molar refractivity (Wildman–Crippen MR) is 99.3 cm³/mol. The lowest BCUT2D eigenvalue weighted by Gasteiger charge is -2.13. The Morgan fingerprint density at radius 3 is 2.73 bits per heavy atom. The zero-order valence-corrected chi connectivity index (χ0v) is 14.9. The van der Waals surface area contributed by atoms with Gasteiger partial charge >= 0.3 is 0 Å². The fourth-order valence-electron chi connectivity index (χ4n) is 2.31. The highest BCUT2D eigenvalue weighted by Crippen LogP contribution is 2.35. The van der Waals surface area contributed by atoms with Gasteiger partial charge in [-0.25, -0.2) is 4.39 Å². The Balaban J connectivity index is 1.80. The van der Waals surface area contributed by atoms with Crippen LogP contribution in [0, 0.1) is 5.82 Å². The number of amides is 1. The topological polar surface area (TPSA) is 80.1 Å². The van der Waals surface area contributed by atoms with E-state index in [9.17, 15) is 9.18 Å². The molecule has 0 aliphatic carbocycles. The summed E-state index contributed by atoms with van der Waals surface area (Å²) in [4.78, 5) is 14.7. The van der Waals surface area contributed by atoms with E-state index in [-0.39, 0.29) is 34.5 Å². The monoisotopic (exact) mass is 393 g/mol. The number of ether oxygens (including phenoxy) is 1. The number of carbonyl (C=O) groups excluding carboxylic acids is 1. The first kappa shape index (κ1) is 18.1. The molecule has 3 aromatic rings. The Labute approximate surface area is 158 Å². The highest BCUT2D eigenvalue weighted by atomic mass is 35.5. The van der Waals surface area contributed by atoms with Crippen LogP contribution in [-0.2, 0) is 6.54 Å². The van der Waals surface area contributed by atoms with E-state index in [1.54, 1.807) is 24.4 Å². The van der Waals surface area contributed by atoms with Gasteiger partial charge in [0.1, 0.15) is 11.4 Å². The van der Waals surface area contributed by atoms with Crippen LogP contribution in [0.4, 0.5) is 10.1 Å². The molecule has 2 aromatic carbocycles. The molecule has 8 heteroatoms. The predicted octanol–water partition coefficient (Wildman–Crippen LogP) is 4.77. The molecule has 134 valence electrons. The lowest BCUT2D eigenvalue weighted by molar-refractivity contribution is 0.0946. The molecule has 0 aliphatic heterocycles. The van der Waals surface area contributed by atoms with Crippen molar-refractivity contribution in [2.45, 2.75) is 6.54 Å². The second-order valence-electron chi connectivity index (χ2n) is 5.44. The van der Waals surface area contributed by atoms with Crippen LogP contribution in [0.5, 0.6) is 11.5 Å². The van der Waals surface area contributed by atoms with E-state index in [4.69, 9.17) is 33.7 Å². The van der Waals surface area contributed by atoms with Gasteiger partial charge in [0.25, 0.3) is 5.91 Å². The molecule has 26 heavy (non-hydrogen) atoms. The molecule has 0 fully saturated rings. The maximum Gasteiger partial charge on any atom is 0.267 e. The van der Waals surface area contributed by atoms with E-state index in [0.29, 0.717) is 16.4 Å². The van der Waals surface area contributed by atoms with Crippen molar-refractivity contribution in [2.24, 2.45) is 0 Å². The molecule has 5 nitrogen and oxygen atoms in total. The zero-order chi connectivity index (χ0) is 18.7. The van der Waals surface area contributed by atoms with Crippen molar-refractivity contribution in [2.75, 3.05) is 5.73 Å². The van der Waals surface area contributed by atoms with Crippen LogP contribution < -0.4 is 15.8 Å². The molecule has 0 saturated heterocycles. The molecule has 1 aromatic heterocycles. The van der Waals surface area contributed by atoms with Crippen molar-refractivity contribution >= 4 is 34.8 Å².